The summed E-state index contributed by atoms with van der Waals surface area (Å²) in [5.41, 5.74) is 1.27. The Hall–Kier alpha value is -7.94. The third-order valence-electron chi connectivity index (χ3n) is 19.8. The van der Waals surface area contributed by atoms with Crippen LogP contribution in [0.3, 0.4) is 0 Å². The molecule has 3 aromatic carbocycles. The van der Waals surface area contributed by atoms with E-state index in [9.17, 15) is 24.0 Å². The lowest BCUT2D eigenvalue weighted by molar-refractivity contribution is -0.135. The zero-order valence-corrected chi connectivity index (χ0v) is 51.2. The van der Waals surface area contributed by atoms with E-state index >= 15 is 8.78 Å². The largest absolute Gasteiger partial charge is 0.468 e. The summed E-state index contributed by atoms with van der Waals surface area (Å²) in [5, 5.41) is 3.50. The predicted octanol–water partition coefficient (Wildman–Crippen LogP) is 8.41. The summed E-state index contributed by atoms with van der Waals surface area (Å²) in [4.78, 5) is 90.4. The Morgan fingerprint density at radius 1 is 0.865 bits per heavy atom. The molecule has 23 heteroatoms. The van der Waals surface area contributed by atoms with E-state index in [4.69, 9.17) is 45.1 Å². The van der Waals surface area contributed by atoms with Gasteiger partial charge in [-0.25, -0.2) is 23.2 Å². The number of hydrogen-bond acceptors (Lipinski definition) is 16. The number of amides is 4. The van der Waals surface area contributed by atoms with Crippen LogP contribution in [0, 0.1) is 29.9 Å². The Bertz CT molecular complexity index is 3870. The quantitative estimate of drug-likeness (QED) is 0.0617. The van der Waals surface area contributed by atoms with Gasteiger partial charge in [-0.3, -0.25) is 38.8 Å². The number of piperidine rings is 3. The van der Waals surface area contributed by atoms with Gasteiger partial charge >= 0.3 is 23.9 Å². The molecule has 13 rings (SSSR count). The monoisotopic (exact) mass is 1220 g/mol. The highest BCUT2D eigenvalue weighted by Crippen LogP contribution is 2.45. The molecule has 21 nitrogen and oxygen atoms in total. The van der Waals surface area contributed by atoms with E-state index in [-0.39, 0.29) is 102 Å². The van der Waals surface area contributed by atoms with Gasteiger partial charge in [-0.1, -0.05) is 18.1 Å². The van der Waals surface area contributed by atoms with Gasteiger partial charge < -0.3 is 38.4 Å². The molecule has 2 bridgehead atoms. The summed E-state index contributed by atoms with van der Waals surface area (Å²) in [6.45, 7) is 11.6. The minimum atomic E-state index is -0.792. The molecule has 5 atom stereocenters. The third-order valence-corrected chi connectivity index (χ3v) is 19.8. The molecule has 6 aromatic rings. The summed E-state index contributed by atoms with van der Waals surface area (Å²) >= 11 is 0. The van der Waals surface area contributed by atoms with Crippen molar-refractivity contribution in [2.45, 2.75) is 139 Å². The van der Waals surface area contributed by atoms with Gasteiger partial charge in [0.15, 0.2) is 12.6 Å². The fraction of sp³-hybridized carbons (Fsp3) is 0.545. The number of ether oxygens (including phenoxy) is 5. The van der Waals surface area contributed by atoms with Gasteiger partial charge in [0.1, 0.15) is 53.5 Å². The smallest absolute Gasteiger partial charge is 0.410 e. The van der Waals surface area contributed by atoms with Crippen molar-refractivity contribution in [3.05, 3.63) is 81.9 Å². The molecule has 7 saturated heterocycles. The molecule has 3 unspecified atom stereocenters. The van der Waals surface area contributed by atoms with Crippen LogP contribution in [0.15, 0.2) is 53.5 Å². The van der Waals surface area contributed by atoms with Gasteiger partial charge in [0.25, 0.3) is 0 Å². The number of nitrogens with zero attached hydrogens (tertiary/aromatic N) is 10. The van der Waals surface area contributed by atoms with E-state index in [1.807, 2.05) is 36.6 Å². The number of imidazole rings is 1. The molecular weight excluding hydrogens is 1140 g/mol. The Labute approximate surface area is 514 Å². The molecule has 7 aliphatic rings. The molecule has 89 heavy (non-hydrogen) atoms. The SMILES string of the molecule is C#Cc1c(F)ccc2cc(OCOC)cc(-c3ncc4c(N5CC6CCC(C5)N6C(=O)OC(C)(C)C)nc(OC[C@@]56CCCN5[C@H](COC(=O)N5CCC(CN7CCC(c8ccc9c(c8)n(C)c(=O)n9C8CCC(=O)NC8=O)CC7)CC5)CC6)nc4c3F)c12. The number of carbonyl (C=O) groups excluding carboxylic acids is 4. The van der Waals surface area contributed by atoms with E-state index in [0.717, 1.165) is 95.9 Å². The minimum Gasteiger partial charge on any atom is -0.468 e. The fourth-order valence-corrected chi connectivity index (χ4v) is 15.4. The van der Waals surface area contributed by atoms with Crippen molar-refractivity contribution >= 4 is 62.5 Å². The number of aryl methyl sites for hydroxylation is 1. The lowest BCUT2D eigenvalue weighted by Gasteiger charge is -2.42. The van der Waals surface area contributed by atoms with E-state index in [1.54, 1.807) is 29.8 Å². The van der Waals surface area contributed by atoms with E-state index in [1.165, 1.54) is 29.5 Å². The van der Waals surface area contributed by atoms with Crippen molar-refractivity contribution in [2.75, 3.05) is 84.4 Å². The van der Waals surface area contributed by atoms with Crippen LogP contribution in [0.25, 0.3) is 44.0 Å². The van der Waals surface area contributed by atoms with Crippen LogP contribution in [0.1, 0.15) is 121 Å². The highest BCUT2D eigenvalue weighted by molar-refractivity contribution is 6.03. The Morgan fingerprint density at radius 3 is 2.37 bits per heavy atom. The summed E-state index contributed by atoms with van der Waals surface area (Å²) in [7, 11) is 3.21. The topological polar surface area (TPSA) is 208 Å². The highest BCUT2D eigenvalue weighted by Gasteiger charge is 2.51. The number of methoxy groups -OCH3 is 1. The van der Waals surface area contributed by atoms with Crippen molar-refractivity contribution in [3.63, 3.8) is 0 Å². The number of piperazine rings is 1. The van der Waals surface area contributed by atoms with Crippen LogP contribution >= 0.6 is 0 Å². The first kappa shape index (κ1) is 60.0. The minimum absolute atomic E-state index is 0.0228. The molecule has 4 amide bonds. The first-order chi connectivity index (χ1) is 42.9. The van der Waals surface area contributed by atoms with Gasteiger partial charge in [-0.05, 0) is 164 Å². The number of nitrogens with one attached hydrogen (secondary N) is 1. The van der Waals surface area contributed by atoms with Crippen LogP contribution in [0.4, 0.5) is 24.2 Å². The number of rotatable bonds is 14. The summed E-state index contributed by atoms with van der Waals surface area (Å²) in [6, 6.07) is 11.0. The maximum absolute atomic E-state index is 17.8. The number of anilines is 1. The first-order valence-corrected chi connectivity index (χ1v) is 31.4. The van der Waals surface area contributed by atoms with Crippen molar-refractivity contribution in [2.24, 2.45) is 13.0 Å². The highest BCUT2D eigenvalue weighted by atomic mass is 19.1. The van der Waals surface area contributed by atoms with Crippen molar-refractivity contribution in [1.29, 1.82) is 0 Å². The number of terminal acetylenes is 1. The Balaban J connectivity index is 0.660. The molecule has 7 aliphatic heterocycles. The van der Waals surface area contributed by atoms with Crippen molar-refractivity contribution in [3.8, 4) is 35.4 Å². The van der Waals surface area contributed by atoms with Crippen LogP contribution in [-0.4, -0.2) is 176 Å². The number of hydrogen-bond donors (Lipinski definition) is 1. The van der Waals surface area contributed by atoms with Gasteiger partial charge in [0.2, 0.25) is 11.8 Å². The van der Waals surface area contributed by atoms with Gasteiger partial charge in [-0.15, -0.1) is 6.42 Å². The second kappa shape index (κ2) is 24.1. The Kier molecular flexibility index (Phi) is 16.3. The summed E-state index contributed by atoms with van der Waals surface area (Å²) in [5.74, 6) is 1.81. The number of likely N-dealkylation sites (tertiary alicyclic amines) is 2. The molecule has 1 N–H and O–H groups in total. The molecule has 3 aromatic heterocycles. The van der Waals surface area contributed by atoms with Crippen LogP contribution in [-0.2, 0) is 30.8 Å². The van der Waals surface area contributed by atoms with E-state index < -0.39 is 34.7 Å². The molecular formula is C66H77F2N11O10. The third kappa shape index (κ3) is 11.5. The van der Waals surface area contributed by atoms with Crippen LogP contribution < -0.4 is 25.4 Å². The number of aromatic nitrogens is 5. The predicted molar refractivity (Wildman–Crippen MR) is 328 cm³/mol. The molecule has 0 radical (unpaired) electrons. The van der Waals surface area contributed by atoms with Gasteiger partial charge in [-0.2, -0.15) is 9.97 Å². The van der Waals surface area contributed by atoms with Crippen LogP contribution in [0.5, 0.6) is 11.8 Å². The number of fused-ring (bicyclic) bond motifs is 6. The maximum atomic E-state index is 17.8. The van der Waals surface area contributed by atoms with Crippen LogP contribution in [0.2, 0.25) is 0 Å². The number of imide groups is 1. The average Bonchev–Trinajstić information content (AvgIpc) is 1.89. The molecule has 10 heterocycles. The molecule has 0 spiro atoms. The van der Waals surface area contributed by atoms with Gasteiger partial charge in [0, 0.05) is 76.5 Å². The zero-order valence-electron chi connectivity index (χ0n) is 51.2. The fourth-order valence-electron chi connectivity index (χ4n) is 15.4. The molecule has 0 aliphatic carbocycles. The van der Waals surface area contributed by atoms with Crippen molar-refractivity contribution in [1.82, 2.24) is 49.0 Å². The van der Waals surface area contributed by atoms with E-state index in [0.29, 0.717) is 72.3 Å². The van der Waals surface area contributed by atoms with E-state index in [2.05, 4.69) is 38.1 Å². The first-order valence-electron chi connectivity index (χ1n) is 31.4. The number of pyridine rings is 1. The molecule has 470 valence electrons. The number of carbonyl (C=O) groups is 4. The standard InChI is InChI=1S/C66H77F2N11O10/c1-7-47-50(67)13-9-42-29-46(88-38-85-6)31-48(55(42)47)57-56(68)58-49(32-69-57)59(76-34-43-11-12-44(35-76)78(43)64(84)89-65(2,3)4)72-61(71-58)87-37-66-22-8-24-77(66)45(17-23-66)36-86-63(83)75-27-18-39(19-28-75)33-74-25-20-40(21-26-74)41-10-14-51-53(30-41)73(5)62(82)79(51)52-15-16-54(80)70-60(52)81/h1,9-10,13-14,29-32,39-40,43-45,52H,8,11-12,15-28,33-38H2,2-6H3,(H,70,80,81)/t43?,44?,45-,52?,66-/m0/s1. The molecule has 7 fully saturated rings. The summed E-state index contributed by atoms with van der Waals surface area (Å²) < 4.78 is 66.1. The second-order valence-electron chi connectivity index (χ2n) is 26.4. The lowest BCUT2D eigenvalue weighted by Crippen LogP contribution is -2.57. The number of halogens is 2. The normalized spacial score (nSPS) is 23.8. The zero-order chi connectivity index (χ0) is 62.0. The lowest BCUT2D eigenvalue weighted by atomic mass is 9.88. The Morgan fingerprint density at radius 2 is 1.64 bits per heavy atom. The van der Waals surface area contributed by atoms with Gasteiger partial charge in [0.05, 0.1) is 39.6 Å². The second-order valence-corrected chi connectivity index (χ2v) is 26.4. The number of benzene rings is 3. The summed E-state index contributed by atoms with van der Waals surface area (Å²) in [6.07, 6.45) is 15.9. The maximum Gasteiger partial charge on any atom is 0.410 e. The van der Waals surface area contributed by atoms with Crippen molar-refractivity contribution < 1.29 is 51.6 Å². The molecule has 0 saturated carbocycles. The average molecular weight is 1220 g/mol.